The molecule has 0 unspecified atom stereocenters. The fourth-order valence-electron chi connectivity index (χ4n) is 2.76. The quantitative estimate of drug-likeness (QED) is 0.789. The lowest BCUT2D eigenvalue weighted by Crippen LogP contribution is -2.52. The first-order valence-electron chi connectivity index (χ1n) is 7.93. The zero-order valence-electron chi connectivity index (χ0n) is 14.1. The van der Waals surface area contributed by atoms with Crippen LogP contribution in [0.4, 0.5) is 5.69 Å². The minimum Gasteiger partial charge on any atom is -0.495 e. The molecule has 1 aliphatic heterocycles. The van der Waals surface area contributed by atoms with Crippen molar-refractivity contribution < 1.29 is 17.9 Å². The highest BCUT2D eigenvalue weighted by molar-refractivity contribution is 7.89. The largest absolute Gasteiger partial charge is 0.495 e. The summed E-state index contributed by atoms with van der Waals surface area (Å²) >= 11 is 0. The van der Waals surface area contributed by atoms with Gasteiger partial charge >= 0.3 is 0 Å². The zero-order chi connectivity index (χ0) is 18.0. The number of hydrogen-bond donors (Lipinski definition) is 0. The van der Waals surface area contributed by atoms with Crippen molar-refractivity contribution >= 4 is 21.6 Å². The van der Waals surface area contributed by atoms with E-state index in [1.165, 1.54) is 23.8 Å². The number of benzene rings is 1. The van der Waals surface area contributed by atoms with Crippen LogP contribution in [0.5, 0.6) is 5.75 Å². The van der Waals surface area contributed by atoms with E-state index in [1.54, 1.807) is 21.7 Å². The van der Waals surface area contributed by atoms with Gasteiger partial charge in [0, 0.05) is 25.8 Å². The first-order chi connectivity index (χ1) is 12.0. The summed E-state index contributed by atoms with van der Waals surface area (Å²) in [7, 11) is -2.20. The average molecular weight is 364 g/mol. The highest BCUT2D eigenvalue weighted by Gasteiger charge is 2.34. The Morgan fingerprint density at radius 1 is 1.24 bits per heavy atom. The minimum atomic E-state index is -3.73. The number of aryl methyl sites for hydroxylation is 1. The second-order valence-corrected chi connectivity index (χ2v) is 7.53. The maximum atomic E-state index is 12.7. The second-order valence-electron chi connectivity index (χ2n) is 5.59. The zero-order valence-corrected chi connectivity index (χ0v) is 14.9. The van der Waals surface area contributed by atoms with Gasteiger partial charge in [-0.05, 0) is 19.1 Å². The Balaban J connectivity index is 1.80. The van der Waals surface area contributed by atoms with Gasteiger partial charge in [-0.25, -0.2) is 8.42 Å². The smallest absolute Gasteiger partial charge is 0.246 e. The molecule has 0 radical (unpaired) electrons. The van der Waals surface area contributed by atoms with Crippen molar-refractivity contribution in [2.75, 3.05) is 31.6 Å². The van der Waals surface area contributed by atoms with Gasteiger partial charge in [-0.2, -0.15) is 9.40 Å². The van der Waals surface area contributed by atoms with Gasteiger partial charge in [-0.15, -0.1) is 0 Å². The summed E-state index contributed by atoms with van der Waals surface area (Å²) in [5.74, 6) is 0.290. The molecule has 2 heterocycles. The molecule has 1 aromatic heterocycles. The number of nitrogens with zero attached hydrogens (tertiary/aromatic N) is 4. The number of amides is 1. The van der Waals surface area contributed by atoms with E-state index < -0.39 is 10.0 Å². The Hall–Kier alpha value is -2.39. The summed E-state index contributed by atoms with van der Waals surface area (Å²) in [5.41, 5.74) is 0.644. The van der Waals surface area contributed by atoms with Gasteiger partial charge in [-0.3, -0.25) is 9.48 Å². The molecule has 8 nitrogen and oxygen atoms in total. The Kier molecular flexibility index (Phi) is 4.78. The van der Waals surface area contributed by atoms with E-state index in [9.17, 15) is 13.2 Å². The number of rotatable bonds is 5. The van der Waals surface area contributed by atoms with Crippen LogP contribution in [0, 0.1) is 0 Å². The van der Waals surface area contributed by atoms with Crippen LogP contribution in [-0.4, -0.2) is 55.2 Å². The minimum absolute atomic E-state index is 0.105. The molecule has 25 heavy (non-hydrogen) atoms. The molecule has 134 valence electrons. The first-order valence-corrected chi connectivity index (χ1v) is 9.37. The Bertz CT molecular complexity index is 878. The molecule has 0 saturated carbocycles. The predicted octanol–water partition coefficient (Wildman–Crippen LogP) is 0.949. The van der Waals surface area contributed by atoms with E-state index in [0.717, 1.165) is 0 Å². The standard InChI is InChI=1S/C16H20N4O4S/c1-3-18-11-13(10-17-18)25(22,23)19-8-9-20(16(21)12-19)14-6-4-5-7-15(14)24-2/h4-7,10-11H,3,8-9,12H2,1-2H3. The number of sulfonamides is 1. The number of para-hydroxylation sites is 2. The van der Waals surface area contributed by atoms with Crippen molar-refractivity contribution in [2.45, 2.75) is 18.4 Å². The van der Waals surface area contributed by atoms with Crippen molar-refractivity contribution in [3.63, 3.8) is 0 Å². The molecular formula is C16H20N4O4S. The van der Waals surface area contributed by atoms with Crippen LogP contribution in [0.3, 0.4) is 0 Å². The van der Waals surface area contributed by atoms with E-state index in [-0.39, 0.29) is 30.4 Å². The summed E-state index contributed by atoms with van der Waals surface area (Å²) in [6.45, 7) is 2.72. The molecule has 0 spiro atoms. The second kappa shape index (κ2) is 6.85. The number of aromatic nitrogens is 2. The van der Waals surface area contributed by atoms with Crippen LogP contribution in [0.25, 0.3) is 0 Å². The van der Waals surface area contributed by atoms with Crippen LogP contribution in [0.2, 0.25) is 0 Å². The number of carbonyl (C=O) groups is 1. The van der Waals surface area contributed by atoms with Crippen molar-refractivity contribution in [2.24, 2.45) is 0 Å². The van der Waals surface area contributed by atoms with Gasteiger partial charge < -0.3 is 9.64 Å². The maximum Gasteiger partial charge on any atom is 0.246 e. The Morgan fingerprint density at radius 3 is 2.64 bits per heavy atom. The molecule has 1 aromatic carbocycles. The monoisotopic (exact) mass is 364 g/mol. The molecular weight excluding hydrogens is 344 g/mol. The molecule has 0 aliphatic carbocycles. The van der Waals surface area contributed by atoms with Crippen molar-refractivity contribution in [3.8, 4) is 5.75 Å². The highest BCUT2D eigenvalue weighted by atomic mass is 32.2. The Morgan fingerprint density at radius 2 is 2.00 bits per heavy atom. The number of carbonyl (C=O) groups excluding carboxylic acids is 1. The molecule has 1 saturated heterocycles. The third-order valence-corrected chi connectivity index (χ3v) is 5.93. The lowest BCUT2D eigenvalue weighted by Gasteiger charge is -2.33. The maximum absolute atomic E-state index is 12.7. The third-order valence-electron chi connectivity index (χ3n) is 4.13. The number of methoxy groups -OCH3 is 1. The van der Waals surface area contributed by atoms with Gasteiger partial charge in [0.2, 0.25) is 15.9 Å². The van der Waals surface area contributed by atoms with Gasteiger partial charge in [0.15, 0.2) is 0 Å². The van der Waals surface area contributed by atoms with Crippen LogP contribution in [0.15, 0.2) is 41.6 Å². The molecule has 9 heteroatoms. The number of hydrogen-bond acceptors (Lipinski definition) is 5. The molecule has 0 atom stereocenters. The highest BCUT2D eigenvalue weighted by Crippen LogP contribution is 2.29. The number of anilines is 1. The lowest BCUT2D eigenvalue weighted by atomic mass is 10.2. The van der Waals surface area contributed by atoms with E-state index in [0.29, 0.717) is 18.0 Å². The van der Waals surface area contributed by atoms with Crippen molar-refractivity contribution in [1.29, 1.82) is 0 Å². The summed E-state index contributed by atoms with van der Waals surface area (Å²) in [6.07, 6.45) is 2.79. The average Bonchev–Trinajstić information content (AvgIpc) is 3.11. The molecule has 1 aliphatic rings. The summed E-state index contributed by atoms with van der Waals surface area (Å²) < 4.78 is 33.4. The van der Waals surface area contributed by atoms with Gasteiger partial charge in [0.05, 0.1) is 25.5 Å². The van der Waals surface area contributed by atoms with E-state index >= 15 is 0 Å². The van der Waals surface area contributed by atoms with E-state index in [4.69, 9.17) is 4.74 Å². The normalized spacial score (nSPS) is 16.2. The predicted molar refractivity (Wildman–Crippen MR) is 92.0 cm³/mol. The molecule has 3 rings (SSSR count). The number of ether oxygens (including phenoxy) is 1. The molecule has 1 fully saturated rings. The summed E-state index contributed by atoms with van der Waals surface area (Å²) in [6, 6.07) is 7.18. The van der Waals surface area contributed by atoms with Crippen molar-refractivity contribution in [1.82, 2.24) is 14.1 Å². The van der Waals surface area contributed by atoms with Crippen LogP contribution < -0.4 is 9.64 Å². The van der Waals surface area contributed by atoms with Crippen LogP contribution in [0.1, 0.15) is 6.92 Å². The summed E-state index contributed by atoms with van der Waals surface area (Å²) in [5, 5.41) is 4.00. The van der Waals surface area contributed by atoms with Gasteiger partial charge in [-0.1, -0.05) is 12.1 Å². The molecule has 2 aromatic rings. The van der Waals surface area contributed by atoms with Gasteiger partial charge in [0.1, 0.15) is 10.6 Å². The molecule has 0 N–H and O–H groups in total. The third kappa shape index (κ3) is 3.24. The van der Waals surface area contributed by atoms with E-state index in [2.05, 4.69) is 5.10 Å². The number of piperazine rings is 1. The first kappa shape index (κ1) is 17.4. The van der Waals surface area contributed by atoms with Crippen LogP contribution >= 0.6 is 0 Å². The SMILES string of the molecule is CCn1cc(S(=O)(=O)N2CCN(c3ccccc3OC)C(=O)C2)cn1. The topological polar surface area (TPSA) is 84.7 Å². The van der Waals surface area contributed by atoms with Crippen LogP contribution in [-0.2, 0) is 21.4 Å². The fourth-order valence-corrected chi connectivity index (χ4v) is 4.10. The Labute approximate surface area is 146 Å². The van der Waals surface area contributed by atoms with Gasteiger partial charge in [0.25, 0.3) is 0 Å². The lowest BCUT2D eigenvalue weighted by molar-refractivity contribution is -0.120. The fraction of sp³-hybridized carbons (Fsp3) is 0.375. The van der Waals surface area contributed by atoms with E-state index in [1.807, 2.05) is 19.1 Å². The molecule has 0 bridgehead atoms. The van der Waals surface area contributed by atoms with Crippen molar-refractivity contribution in [3.05, 3.63) is 36.7 Å². The summed E-state index contributed by atoms with van der Waals surface area (Å²) in [4.78, 5) is 14.2. The molecule has 1 amide bonds.